The molecule has 3 rings (SSSR count). The molecule has 1 aromatic carbocycles. The molecule has 6 heteroatoms. The number of fused-ring (bicyclic) bond motifs is 1. The van der Waals surface area contributed by atoms with Gasteiger partial charge in [-0.1, -0.05) is 17.7 Å². The molecule has 0 bridgehead atoms. The van der Waals surface area contributed by atoms with Crippen LogP contribution in [0.25, 0.3) is 11.1 Å². The Morgan fingerprint density at radius 1 is 1.33 bits per heavy atom. The molecule has 2 N–H and O–H groups in total. The van der Waals surface area contributed by atoms with E-state index in [1.54, 1.807) is 30.3 Å². The fourth-order valence-corrected chi connectivity index (χ4v) is 2.85. The standard InChI is InChI=1S/C12H8ClNO3S/c13-10-4-3-9(18-10)11(15)6-1-2-7-8(5-6)17-12(16)14-7/h1-5,11,15H,(H,14,16). The third-order valence-corrected chi connectivity index (χ3v) is 3.91. The van der Waals surface area contributed by atoms with Gasteiger partial charge < -0.3 is 9.52 Å². The van der Waals surface area contributed by atoms with Gasteiger partial charge in [-0.25, -0.2) is 4.79 Å². The van der Waals surface area contributed by atoms with Crippen molar-refractivity contribution in [2.45, 2.75) is 6.10 Å². The number of rotatable bonds is 2. The maximum absolute atomic E-state index is 11.0. The van der Waals surface area contributed by atoms with Crippen molar-refractivity contribution in [2.75, 3.05) is 0 Å². The highest BCUT2D eigenvalue weighted by atomic mass is 35.5. The first-order valence-electron chi connectivity index (χ1n) is 5.19. The SMILES string of the molecule is O=c1[nH]c2ccc(C(O)c3ccc(Cl)s3)cc2o1. The van der Waals surface area contributed by atoms with Gasteiger partial charge in [-0.2, -0.15) is 0 Å². The van der Waals surface area contributed by atoms with Crippen molar-refractivity contribution in [3.05, 3.63) is 55.7 Å². The largest absolute Gasteiger partial charge is 0.417 e. The van der Waals surface area contributed by atoms with E-state index in [1.165, 1.54) is 11.3 Å². The van der Waals surface area contributed by atoms with E-state index >= 15 is 0 Å². The van der Waals surface area contributed by atoms with E-state index in [0.717, 1.165) is 4.88 Å². The summed E-state index contributed by atoms with van der Waals surface area (Å²) in [5.41, 5.74) is 1.70. The third kappa shape index (κ3) is 1.96. The maximum atomic E-state index is 11.0. The molecule has 0 saturated heterocycles. The lowest BCUT2D eigenvalue weighted by molar-refractivity contribution is 0.224. The van der Waals surface area contributed by atoms with E-state index < -0.39 is 11.9 Å². The van der Waals surface area contributed by atoms with Crippen molar-refractivity contribution in [1.29, 1.82) is 0 Å². The van der Waals surface area contributed by atoms with Crippen LogP contribution in [-0.4, -0.2) is 10.1 Å². The number of oxazole rings is 1. The van der Waals surface area contributed by atoms with Gasteiger partial charge in [-0.3, -0.25) is 4.98 Å². The number of halogens is 1. The number of hydrogen-bond donors (Lipinski definition) is 2. The van der Waals surface area contributed by atoms with Gasteiger partial charge in [0.05, 0.1) is 9.85 Å². The highest BCUT2D eigenvalue weighted by molar-refractivity contribution is 7.16. The van der Waals surface area contributed by atoms with E-state index in [2.05, 4.69) is 4.98 Å². The highest BCUT2D eigenvalue weighted by Gasteiger charge is 2.14. The molecule has 0 amide bonds. The number of nitrogens with one attached hydrogen (secondary N) is 1. The van der Waals surface area contributed by atoms with Gasteiger partial charge in [0.1, 0.15) is 6.10 Å². The number of benzene rings is 1. The summed E-state index contributed by atoms with van der Waals surface area (Å²) in [5, 5.41) is 10.2. The van der Waals surface area contributed by atoms with Crippen LogP contribution in [0.5, 0.6) is 0 Å². The summed E-state index contributed by atoms with van der Waals surface area (Å²) in [6.45, 7) is 0. The average Bonchev–Trinajstić information content (AvgIpc) is 2.92. The van der Waals surface area contributed by atoms with Crippen LogP contribution in [-0.2, 0) is 0 Å². The van der Waals surface area contributed by atoms with E-state index in [4.69, 9.17) is 16.0 Å². The number of aromatic nitrogens is 1. The summed E-state index contributed by atoms with van der Waals surface area (Å²) in [4.78, 5) is 14.3. The van der Waals surface area contributed by atoms with Crippen LogP contribution < -0.4 is 5.76 Å². The molecule has 0 fully saturated rings. The Labute approximate surface area is 110 Å². The molecule has 0 aliphatic carbocycles. The number of H-pyrrole nitrogens is 1. The van der Waals surface area contributed by atoms with Crippen LogP contribution in [0, 0.1) is 0 Å². The summed E-state index contributed by atoms with van der Waals surface area (Å²) in [5.74, 6) is -0.504. The van der Waals surface area contributed by atoms with Gasteiger partial charge in [-0.15, -0.1) is 11.3 Å². The quantitative estimate of drug-likeness (QED) is 0.759. The second kappa shape index (κ2) is 4.28. The average molecular weight is 282 g/mol. The highest BCUT2D eigenvalue weighted by Crippen LogP contribution is 2.31. The molecule has 3 aromatic rings. The topological polar surface area (TPSA) is 66.2 Å². The molecule has 92 valence electrons. The molecule has 2 heterocycles. The Kier molecular flexibility index (Phi) is 2.74. The van der Waals surface area contributed by atoms with Crippen LogP contribution in [0.1, 0.15) is 16.5 Å². The molecule has 18 heavy (non-hydrogen) atoms. The fraction of sp³-hybridized carbons (Fsp3) is 0.0833. The number of hydrogen-bond acceptors (Lipinski definition) is 4. The van der Waals surface area contributed by atoms with Gasteiger partial charge in [0.25, 0.3) is 0 Å². The summed E-state index contributed by atoms with van der Waals surface area (Å²) < 4.78 is 5.58. The summed E-state index contributed by atoms with van der Waals surface area (Å²) >= 11 is 7.15. The van der Waals surface area contributed by atoms with E-state index in [0.29, 0.717) is 21.0 Å². The normalized spacial score (nSPS) is 13.0. The van der Waals surface area contributed by atoms with Crippen molar-refractivity contribution < 1.29 is 9.52 Å². The Bertz CT molecular complexity index is 758. The van der Waals surface area contributed by atoms with Crippen molar-refractivity contribution in [2.24, 2.45) is 0 Å². The minimum Gasteiger partial charge on any atom is -0.408 e. The molecule has 0 aliphatic rings. The molecule has 0 spiro atoms. The Morgan fingerprint density at radius 2 is 2.17 bits per heavy atom. The lowest BCUT2D eigenvalue weighted by Gasteiger charge is -2.08. The summed E-state index contributed by atoms with van der Waals surface area (Å²) in [7, 11) is 0. The van der Waals surface area contributed by atoms with Crippen molar-refractivity contribution in [1.82, 2.24) is 4.98 Å². The fourth-order valence-electron chi connectivity index (χ4n) is 1.77. The molecule has 0 aliphatic heterocycles. The lowest BCUT2D eigenvalue weighted by Crippen LogP contribution is -1.96. The monoisotopic (exact) mass is 281 g/mol. The van der Waals surface area contributed by atoms with E-state index in [9.17, 15) is 9.90 Å². The first kappa shape index (κ1) is 11.5. The minimum atomic E-state index is -0.771. The van der Waals surface area contributed by atoms with Crippen molar-refractivity contribution in [3.63, 3.8) is 0 Å². The molecule has 4 nitrogen and oxygen atoms in total. The first-order chi connectivity index (χ1) is 8.63. The Balaban J connectivity index is 2.05. The number of aromatic amines is 1. The van der Waals surface area contributed by atoms with Gasteiger partial charge in [-0.05, 0) is 29.8 Å². The zero-order chi connectivity index (χ0) is 12.7. The van der Waals surface area contributed by atoms with E-state index in [-0.39, 0.29) is 0 Å². The lowest BCUT2D eigenvalue weighted by atomic mass is 10.1. The zero-order valence-electron chi connectivity index (χ0n) is 9.01. The van der Waals surface area contributed by atoms with Gasteiger partial charge in [0, 0.05) is 4.88 Å². The number of aliphatic hydroxyl groups excluding tert-OH is 1. The minimum absolute atomic E-state index is 0.430. The van der Waals surface area contributed by atoms with Crippen LogP contribution in [0.3, 0.4) is 0 Å². The van der Waals surface area contributed by atoms with Gasteiger partial charge in [0.2, 0.25) is 0 Å². The second-order valence-electron chi connectivity index (χ2n) is 3.81. The molecular formula is C12H8ClNO3S. The summed E-state index contributed by atoms with van der Waals surface area (Å²) in [6, 6.07) is 8.60. The zero-order valence-corrected chi connectivity index (χ0v) is 10.6. The third-order valence-electron chi connectivity index (χ3n) is 2.62. The summed E-state index contributed by atoms with van der Waals surface area (Å²) in [6.07, 6.45) is -0.771. The Morgan fingerprint density at radius 3 is 2.89 bits per heavy atom. The van der Waals surface area contributed by atoms with Crippen molar-refractivity contribution in [3.8, 4) is 0 Å². The van der Waals surface area contributed by atoms with Gasteiger partial charge >= 0.3 is 5.76 Å². The van der Waals surface area contributed by atoms with Crippen LogP contribution in [0.2, 0.25) is 4.34 Å². The second-order valence-corrected chi connectivity index (χ2v) is 5.56. The molecular weight excluding hydrogens is 274 g/mol. The smallest absolute Gasteiger partial charge is 0.408 e. The molecule has 1 unspecified atom stereocenters. The first-order valence-corrected chi connectivity index (χ1v) is 6.39. The number of aliphatic hydroxyl groups is 1. The maximum Gasteiger partial charge on any atom is 0.417 e. The molecule has 2 aromatic heterocycles. The van der Waals surface area contributed by atoms with Crippen LogP contribution in [0.4, 0.5) is 0 Å². The Hall–Kier alpha value is -1.56. The van der Waals surface area contributed by atoms with Crippen molar-refractivity contribution >= 4 is 34.0 Å². The van der Waals surface area contributed by atoms with Crippen LogP contribution in [0.15, 0.2) is 39.5 Å². The van der Waals surface area contributed by atoms with Gasteiger partial charge in [0.15, 0.2) is 5.58 Å². The number of thiophene rings is 1. The molecule has 0 saturated carbocycles. The van der Waals surface area contributed by atoms with E-state index in [1.807, 2.05) is 0 Å². The molecule has 1 atom stereocenters. The predicted octanol–water partition coefficient (Wildman–Crippen LogP) is 2.92. The van der Waals surface area contributed by atoms with Crippen LogP contribution >= 0.6 is 22.9 Å². The molecule has 0 radical (unpaired) electrons. The predicted molar refractivity (Wildman–Crippen MR) is 70.2 cm³/mol.